The van der Waals surface area contributed by atoms with Crippen molar-refractivity contribution in [2.24, 2.45) is 12.8 Å². The van der Waals surface area contributed by atoms with Gasteiger partial charge in [0.15, 0.2) is 5.76 Å². The topological polar surface area (TPSA) is 119 Å². The van der Waals surface area contributed by atoms with Gasteiger partial charge in [-0.25, -0.2) is 0 Å². The summed E-state index contributed by atoms with van der Waals surface area (Å²) in [6, 6.07) is 5.72. The number of rotatable bonds is 2. The lowest BCUT2D eigenvalue weighted by Crippen LogP contribution is -2.20. The van der Waals surface area contributed by atoms with Gasteiger partial charge in [-0.2, -0.15) is 10.4 Å². The van der Waals surface area contributed by atoms with Gasteiger partial charge in [0.25, 0.3) is 0 Å². The fourth-order valence-electron chi connectivity index (χ4n) is 2.78. The summed E-state index contributed by atoms with van der Waals surface area (Å²) in [5.41, 5.74) is 8.40. The van der Waals surface area contributed by atoms with Crippen molar-refractivity contribution in [2.75, 3.05) is 0 Å². The van der Waals surface area contributed by atoms with E-state index in [4.69, 9.17) is 14.9 Å². The minimum absolute atomic E-state index is 0.0475. The van der Waals surface area contributed by atoms with Crippen LogP contribution in [-0.2, 0) is 7.05 Å². The molecule has 1 unspecified atom stereocenters. The number of H-pyrrole nitrogens is 1. The Balaban J connectivity index is 1.96. The quantitative estimate of drug-likeness (QED) is 0.742. The Labute approximate surface area is 130 Å². The van der Waals surface area contributed by atoms with Crippen LogP contribution in [0.2, 0.25) is 0 Å². The zero-order valence-corrected chi connectivity index (χ0v) is 12.1. The van der Waals surface area contributed by atoms with Gasteiger partial charge >= 0.3 is 0 Å². The van der Waals surface area contributed by atoms with Crippen molar-refractivity contribution in [1.29, 1.82) is 5.26 Å². The van der Waals surface area contributed by atoms with Crippen molar-refractivity contribution in [3.05, 3.63) is 53.4 Å². The number of nitrogens with two attached hydrogens (primary N) is 1. The fraction of sp³-hybridized carbons (Fsp3) is 0.133. The molecule has 0 bridgehead atoms. The Kier molecular flexibility index (Phi) is 2.74. The first kappa shape index (κ1) is 13.2. The number of hydrogen-bond donors (Lipinski definition) is 2. The highest BCUT2D eigenvalue weighted by molar-refractivity contribution is 5.67. The summed E-state index contributed by atoms with van der Waals surface area (Å²) in [4.78, 5) is 0. The van der Waals surface area contributed by atoms with E-state index in [1.807, 2.05) is 19.3 Å². The van der Waals surface area contributed by atoms with Gasteiger partial charge in [0.1, 0.15) is 17.3 Å². The molecule has 0 aliphatic carbocycles. The van der Waals surface area contributed by atoms with E-state index in [1.165, 1.54) is 0 Å². The average Bonchev–Trinajstić information content (AvgIpc) is 3.25. The second-order valence-electron chi connectivity index (χ2n) is 5.17. The molecule has 4 heterocycles. The van der Waals surface area contributed by atoms with Gasteiger partial charge in [-0.15, -0.1) is 5.10 Å². The molecule has 114 valence electrons. The molecular weight excluding hydrogens is 296 g/mol. The van der Waals surface area contributed by atoms with E-state index in [-0.39, 0.29) is 5.88 Å². The van der Waals surface area contributed by atoms with Gasteiger partial charge in [0.05, 0.1) is 23.9 Å². The monoisotopic (exact) mass is 308 g/mol. The maximum atomic E-state index is 9.54. The fourth-order valence-corrected chi connectivity index (χ4v) is 2.78. The first-order valence-electron chi connectivity index (χ1n) is 6.87. The summed E-state index contributed by atoms with van der Waals surface area (Å²) in [5, 5.41) is 20.8. The lowest BCUT2D eigenvalue weighted by molar-refractivity contribution is 0.379. The van der Waals surface area contributed by atoms with E-state index in [0.717, 1.165) is 5.56 Å². The Morgan fingerprint density at radius 2 is 2.35 bits per heavy atom. The predicted molar refractivity (Wildman–Crippen MR) is 78.8 cm³/mol. The van der Waals surface area contributed by atoms with Crippen LogP contribution in [0.3, 0.4) is 0 Å². The number of hydrogen-bond acceptors (Lipinski definition) is 6. The van der Waals surface area contributed by atoms with Gasteiger partial charge in [-0.05, 0) is 12.1 Å². The van der Waals surface area contributed by atoms with Crippen LogP contribution in [0.4, 0.5) is 0 Å². The van der Waals surface area contributed by atoms with Crippen LogP contribution in [0.15, 0.2) is 46.7 Å². The number of aromatic amines is 1. The normalized spacial score (nSPS) is 16.8. The number of aryl methyl sites for hydroxylation is 1. The third-order valence-electron chi connectivity index (χ3n) is 3.76. The highest BCUT2D eigenvalue weighted by Crippen LogP contribution is 2.45. The van der Waals surface area contributed by atoms with Crippen molar-refractivity contribution in [1.82, 2.24) is 20.0 Å². The number of nitrogens with one attached hydrogen (secondary N) is 1. The Bertz CT molecular complexity index is 941. The Morgan fingerprint density at radius 1 is 1.48 bits per heavy atom. The Hall–Kier alpha value is -3.47. The van der Waals surface area contributed by atoms with Crippen LogP contribution >= 0.6 is 0 Å². The summed E-state index contributed by atoms with van der Waals surface area (Å²) in [7, 11) is 1.81. The lowest BCUT2D eigenvalue weighted by atomic mass is 9.85. The maximum absolute atomic E-state index is 9.54. The third-order valence-corrected chi connectivity index (χ3v) is 3.76. The molecule has 0 amide bonds. The number of nitrogens with zero attached hydrogens (tertiary/aromatic N) is 4. The molecule has 0 aromatic carbocycles. The molecule has 0 fully saturated rings. The van der Waals surface area contributed by atoms with Gasteiger partial charge in [0.2, 0.25) is 11.8 Å². The summed E-state index contributed by atoms with van der Waals surface area (Å²) < 4.78 is 12.6. The highest BCUT2D eigenvalue weighted by Gasteiger charge is 2.36. The number of ether oxygens (including phenoxy) is 1. The molecule has 23 heavy (non-hydrogen) atoms. The molecule has 8 nitrogen and oxygen atoms in total. The molecule has 1 aliphatic rings. The minimum Gasteiger partial charge on any atom is -0.463 e. The second kappa shape index (κ2) is 4.78. The van der Waals surface area contributed by atoms with Crippen LogP contribution in [0.5, 0.6) is 5.88 Å². The van der Waals surface area contributed by atoms with Gasteiger partial charge in [0, 0.05) is 18.8 Å². The van der Waals surface area contributed by atoms with E-state index in [2.05, 4.69) is 21.4 Å². The zero-order chi connectivity index (χ0) is 16.0. The van der Waals surface area contributed by atoms with Crippen LogP contribution in [0, 0.1) is 11.3 Å². The van der Waals surface area contributed by atoms with Gasteiger partial charge < -0.3 is 14.9 Å². The second-order valence-corrected chi connectivity index (χ2v) is 5.17. The molecule has 1 atom stereocenters. The van der Waals surface area contributed by atoms with E-state index < -0.39 is 5.92 Å². The number of fused-ring (bicyclic) bond motifs is 1. The highest BCUT2D eigenvalue weighted by atomic mass is 16.5. The van der Waals surface area contributed by atoms with E-state index in [0.29, 0.717) is 28.5 Å². The van der Waals surface area contributed by atoms with Crippen LogP contribution < -0.4 is 10.5 Å². The van der Waals surface area contributed by atoms with Crippen LogP contribution in [-0.4, -0.2) is 20.0 Å². The standard InChI is InChI=1S/C15H12N6O2/c1-21-7-8(6-18-21)11-9(5-16)14(17)23-15-12(11)13(19-20-15)10-3-2-4-22-10/h2-4,6-7,11H,17H2,1H3,(H,19,20). The van der Waals surface area contributed by atoms with Gasteiger partial charge in [-0.1, -0.05) is 0 Å². The SMILES string of the molecule is Cn1cc(C2C(C#N)=C(N)Oc3n[nH]c(-c4ccco4)c32)cn1. The molecule has 3 aromatic heterocycles. The zero-order valence-electron chi connectivity index (χ0n) is 12.1. The predicted octanol–water partition coefficient (Wildman–Crippen LogP) is 1.62. The average molecular weight is 308 g/mol. The molecule has 0 radical (unpaired) electrons. The molecule has 1 aliphatic heterocycles. The first-order valence-corrected chi connectivity index (χ1v) is 6.87. The van der Waals surface area contributed by atoms with Crippen molar-refractivity contribution < 1.29 is 9.15 Å². The lowest BCUT2D eigenvalue weighted by Gasteiger charge is -2.22. The Morgan fingerprint density at radius 3 is 3.00 bits per heavy atom. The first-order chi connectivity index (χ1) is 11.2. The van der Waals surface area contributed by atoms with Crippen molar-refractivity contribution in [3.8, 4) is 23.4 Å². The third kappa shape index (κ3) is 1.91. The molecule has 0 saturated carbocycles. The largest absolute Gasteiger partial charge is 0.463 e. The molecule has 3 aromatic rings. The number of allylic oxidation sites excluding steroid dienone is 1. The van der Waals surface area contributed by atoms with Crippen LogP contribution in [0.25, 0.3) is 11.5 Å². The van der Waals surface area contributed by atoms with Crippen molar-refractivity contribution in [3.63, 3.8) is 0 Å². The maximum Gasteiger partial charge on any atom is 0.244 e. The summed E-state index contributed by atoms with van der Waals surface area (Å²) in [5.74, 6) is 0.568. The minimum atomic E-state index is -0.420. The number of furan rings is 1. The summed E-state index contributed by atoms with van der Waals surface area (Å²) in [6.07, 6.45) is 5.10. The molecule has 3 N–H and O–H groups in total. The number of aromatic nitrogens is 4. The summed E-state index contributed by atoms with van der Waals surface area (Å²) in [6.45, 7) is 0. The summed E-state index contributed by atoms with van der Waals surface area (Å²) >= 11 is 0. The smallest absolute Gasteiger partial charge is 0.244 e. The van der Waals surface area contributed by atoms with Crippen LogP contribution in [0.1, 0.15) is 17.0 Å². The molecular formula is C15H12N6O2. The van der Waals surface area contributed by atoms with E-state index in [1.54, 1.807) is 23.2 Å². The number of nitriles is 1. The molecule has 8 heteroatoms. The van der Waals surface area contributed by atoms with Crippen molar-refractivity contribution >= 4 is 0 Å². The molecule has 0 saturated heterocycles. The van der Waals surface area contributed by atoms with E-state index in [9.17, 15) is 5.26 Å². The van der Waals surface area contributed by atoms with E-state index >= 15 is 0 Å². The van der Waals surface area contributed by atoms with Crippen molar-refractivity contribution in [2.45, 2.75) is 5.92 Å². The molecule has 4 rings (SSSR count). The van der Waals surface area contributed by atoms with Gasteiger partial charge in [-0.3, -0.25) is 9.78 Å². The molecule has 0 spiro atoms.